The molecule has 3 aromatic rings. The highest BCUT2D eigenvalue weighted by Gasteiger charge is 2.23. The number of aliphatic carboxylic acids is 1. The van der Waals surface area contributed by atoms with Gasteiger partial charge in [-0.25, -0.2) is 9.07 Å². The highest BCUT2D eigenvalue weighted by Crippen LogP contribution is 2.29. The third-order valence-corrected chi connectivity index (χ3v) is 4.63. The van der Waals surface area contributed by atoms with Crippen molar-refractivity contribution >= 4 is 23.5 Å². The van der Waals surface area contributed by atoms with E-state index in [1.165, 1.54) is 31.4 Å². The number of aromatic amines is 1. The maximum Gasteiger partial charge on any atom is 0.305 e. The minimum absolute atomic E-state index is 0.121. The zero-order valence-electron chi connectivity index (χ0n) is 15.7. The molecule has 0 aliphatic heterocycles. The van der Waals surface area contributed by atoms with Crippen molar-refractivity contribution in [1.29, 1.82) is 0 Å². The molecule has 156 valence electrons. The first-order valence-corrected chi connectivity index (χ1v) is 9.10. The average Bonchev–Trinajstić information content (AvgIpc) is 3.09. The molecule has 0 saturated heterocycles. The smallest absolute Gasteiger partial charge is 0.305 e. The number of halogens is 2. The van der Waals surface area contributed by atoms with Crippen molar-refractivity contribution in [3.8, 4) is 11.4 Å². The van der Waals surface area contributed by atoms with Gasteiger partial charge in [-0.1, -0.05) is 23.7 Å². The summed E-state index contributed by atoms with van der Waals surface area (Å²) in [6.45, 7) is 0. The molecule has 30 heavy (non-hydrogen) atoms. The fraction of sp³-hybridized carbons (Fsp3) is 0.150. The summed E-state index contributed by atoms with van der Waals surface area (Å²) in [6, 6.07) is 9.98. The lowest BCUT2D eigenvalue weighted by atomic mass is 10.0. The van der Waals surface area contributed by atoms with Crippen LogP contribution in [0.5, 0.6) is 5.75 Å². The lowest BCUT2D eigenvalue weighted by Gasteiger charge is -2.19. The summed E-state index contributed by atoms with van der Waals surface area (Å²) in [5, 5.41) is 14.6. The van der Waals surface area contributed by atoms with Crippen LogP contribution in [0.1, 0.15) is 28.5 Å². The quantitative estimate of drug-likeness (QED) is 0.530. The average molecular weight is 434 g/mol. The Morgan fingerprint density at radius 1 is 1.27 bits per heavy atom. The van der Waals surface area contributed by atoms with Crippen LogP contribution in [0, 0.1) is 5.82 Å². The summed E-state index contributed by atoms with van der Waals surface area (Å²) < 4.78 is 19.5. The molecule has 0 radical (unpaired) electrons. The van der Waals surface area contributed by atoms with E-state index in [-0.39, 0.29) is 16.4 Å². The monoisotopic (exact) mass is 433 g/mol. The van der Waals surface area contributed by atoms with E-state index in [1.807, 2.05) is 0 Å². The van der Waals surface area contributed by atoms with Crippen molar-refractivity contribution in [3.63, 3.8) is 0 Å². The maximum atomic E-state index is 13.4. The Morgan fingerprint density at radius 3 is 2.67 bits per heavy atom. The van der Waals surface area contributed by atoms with Crippen LogP contribution in [-0.4, -0.2) is 33.9 Å². The molecule has 10 heteroatoms. The number of nitrogens with one attached hydrogen (secondary N) is 2. The largest absolute Gasteiger partial charge is 0.497 e. The van der Waals surface area contributed by atoms with Gasteiger partial charge in [0.15, 0.2) is 0 Å². The van der Waals surface area contributed by atoms with Gasteiger partial charge in [0.05, 0.1) is 25.3 Å². The standard InChI is InChI=1S/C20H17ClFN3O5/c1-30-13-5-6-14(15(21)8-13)16(10-19(27)28)23-20(29)17-9-18(26)25(24-17)12-4-2-3-11(22)7-12/h2-9,16,24H,10H2,1H3,(H,23,29)(H,27,28). The van der Waals surface area contributed by atoms with Crippen LogP contribution in [0.2, 0.25) is 5.02 Å². The number of benzene rings is 2. The number of hydrogen-bond acceptors (Lipinski definition) is 4. The summed E-state index contributed by atoms with van der Waals surface area (Å²) >= 11 is 6.22. The summed E-state index contributed by atoms with van der Waals surface area (Å²) in [7, 11) is 1.46. The van der Waals surface area contributed by atoms with Crippen LogP contribution in [0.15, 0.2) is 53.3 Å². The summed E-state index contributed by atoms with van der Waals surface area (Å²) in [6.07, 6.45) is -0.438. The summed E-state index contributed by atoms with van der Waals surface area (Å²) in [4.78, 5) is 36.2. The number of carbonyl (C=O) groups is 2. The predicted octanol–water partition coefficient (Wildman–Crippen LogP) is 2.91. The molecule has 2 aromatic carbocycles. The molecule has 0 fully saturated rings. The van der Waals surface area contributed by atoms with Crippen molar-refractivity contribution in [2.24, 2.45) is 0 Å². The van der Waals surface area contributed by atoms with Crippen molar-refractivity contribution in [3.05, 3.63) is 81.0 Å². The Hall–Kier alpha value is -3.59. The van der Waals surface area contributed by atoms with E-state index >= 15 is 0 Å². The van der Waals surface area contributed by atoms with E-state index < -0.39 is 35.7 Å². The number of hydrogen-bond donors (Lipinski definition) is 3. The van der Waals surface area contributed by atoms with E-state index in [9.17, 15) is 23.9 Å². The number of rotatable bonds is 7. The second-order valence-electron chi connectivity index (χ2n) is 6.33. The van der Waals surface area contributed by atoms with Crippen LogP contribution in [0.25, 0.3) is 5.69 Å². The number of methoxy groups -OCH3 is 1. The number of amides is 1. The Labute approximate surface area is 174 Å². The van der Waals surface area contributed by atoms with Gasteiger partial charge in [-0.15, -0.1) is 0 Å². The van der Waals surface area contributed by atoms with Gasteiger partial charge >= 0.3 is 5.97 Å². The number of nitrogens with zero attached hydrogens (tertiary/aromatic N) is 1. The van der Waals surface area contributed by atoms with E-state index in [2.05, 4.69) is 10.4 Å². The second-order valence-corrected chi connectivity index (χ2v) is 6.74. The molecule has 0 spiro atoms. The molecule has 3 N–H and O–H groups in total. The highest BCUT2D eigenvalue weighted by atomic mass is 35.5. The van der Waals surface area contributed by atoms with Gasteiger partial charge in [0.1, 0.15) is 17.3 Å². The minimum atomic E-state index is -1.15. The van der Waals surface area contributed by atoms with Crippen molar-refractivity contribution in [2.45, 2.75) is 12.5 Å². The normalized spacial score (nSPS) is 11.7. The second kappa shape index (κ2) is 8.83. The van der Waals surface area contributed by atoms with E-state index in [4.69, 9.17) is 16.3 Å². The number of ether oxygens (including phenoxy) is 1. The van der Waals surface area contributed by atoms with Gasteiger partial charge in [-0.2, -0.15) is 0 Å². The number of H-pyrrole nitrogens is 1. The third-order valence-electron chi connectivity index (χ3n) is 4.30. The molecule has 1 heterocycles. The van der Waals surface area contributed by atoms with Crippen LogP contribution >= 0.6 is 11.6 Å². The fourth-order valence-corrected chi connectivity index (χ4v) is 3.19. The summed E-state index contributed by atoms with van der Waals surface area (Å²) in [5.41, 5.74) is -0.119. The van der Waals surface area contributed by atoms with Crippen molar-refractivity contribution in [1.82, 2.24) is 15.1 Å². The van der Waals surface area contributed by atoms with Crippen LogP contribution < -0.4 is 15.6 Å². The van der Waals surface area contributed by atoms with Crippen molar-refractivity contribution < 1.29 is 23.8 Å². The molecule has 0 aliphatic carbocycles. The third kappa shape index (κ3) is 4.69. The minimum Gasteiger partial charge on any atom is -0.497 e. The first-order chi connectivity index (χ1) is 14.3. The predicted molar refractivity (Wildman–Crippen MR) is 107 cm³/mol. The number of carboxylic acid groups (broad SMARTS) is 1. The van der Waals surface area contributed by atoms with Gasteiger partial charge in [0.25, 0.3) is 11.5 Å². The molecule has 1 unspecified atom stereocenters. The van der Waals surface area contributed by atoms with Gasteiger partial charge in [0, 0.05) is 11.1 Å². The number of carboxylic acids is 1. The van der Waals surface area contributed by atoms with Crippen LogP contribution in [0.4, 0.5) is 4.39 Å². The molecule has 1 aromatic heterocycles. The first-order valence-electron chi connectivity index (χ1n) is 8.72. The maximum absolute atomic E-state index is 13.4. The molecule has 0 saturated carbocycles. The van der Waals surface area contributed by atoms with E-state index in [0.29, 0.717) is 11.3 Å². The lowest BCUT2D eigenvalue weighted by Crippen LogP contribution is -2.30. The van der Waals surface area contributed by atoms with E-state index in [0.717, 1.165) is 16.8 Å². The number of aromatic nitrogens is 2. The highest BCUT2D eigenvalue weighted by molar-refractivity contribution is 6.31. The zero-order chi connectivity index (χ0) is 21.8. The SMILES string of the molecule is COc1ccc(C(CC(=O)O)NC(=O)c2cc(=O)n(-c3cccc(F)c3)[nH]2)c(Cl)c1. The topological polar surface area (TPSA) is 113 Å². The molecular formula is C20H17ClFN3O5. The molecular weight excluding hydrogens is 417 g/mol. The Kier molecular flexibility index (Phi) is 6.22. The van der Waals surface area contributed by atoms with Gasteiger partial charge in [-0.3, -0.25) is 19.5 Å². The summed E-state index contributed by atoms with van der Waals surface area (Å²) in [5.74, 6) is -1.95. The van der Waals surface area contributed by atoms with Gasteiger partial charge in [-0.05, 0) is 35.9 Å². The van der Waals surface area contributed by atoms with Crippen molar-refractivity contribution in [2.75, 3.05) is 7.11 Å². The Morgan fingerprint density at radius 2 is 2.03 bits per heavy atom. The Bertz CT molecular complexity index is 1160. The van der Waals surface area contributed by atoms with Crippen LogP contribution in [-0.2, 0) is 4.79 Å². The lowest BCUT2D eigenvalue weighted by molar-refractivity contribution is -0.137. The first kappa shape index (κ1) is 21.1. The van der Waals surface area contributed by atoms with E-state index in [1.54, 1.807) is 12.1 Å². The fourth-order valence-electron chi connectivity index (χ4n) is 2.89. The molecule has 8 nitrogen and oxygen atoms in total. The number of carbonyl (C=O) groups excluding carboxylic acids is 1. The molecule has 1 atom stereocenters. The molecule has 0 bridgehead atoms. The zero-order valence-corrected chi connectivity index (χ0v) is 16.4. The molecule has 0 aliphatic rings. The van der Waals surface area contributed by atoms with Gasteiger partial charge in [0.2, 0.25) is 0 Å². The van der Waals surface area contributed by atoms with Crippen LogP contribution in [0.3, 0.4) is 0 Å². The molecule has 1 amide bonds. The Balaban J connectivity index is 1.89. The molecule has 3 rings (SSSR count). The van der Waals surface area contributed by atoms with Gasteiger partial charge < -0.3 is 15.2 Å².